The van der Waals surface area contributed by atoms with Crippen LogP contribution >= 0.6 is 11.6 Å². The van der Waals surface area contributed by atoms with Crippen molar-refractivity contribution in [3.63, 3.8) is 0 Å². The van der Waals surface area contributed by atoms with Crippen LogP contribution < -0.4 is 10.0 Å². The van der Waals surface area contributed by atoms with E-state index in [2.05, 4.69) is 10.0 Å². The standard InChI is InChI=1S/C20H18ClFN2O2S/c21-16-6-12-19(13-7-16)27(25,26)23-14-20(15-4-2-1-3-5-15)24-18-10-8-17(22)9-11-18/h1-13,20,23-24H,14H2/t20-/m0/s1. The Hall–Kier alpha value is -2.41. The van der Waals surface area contributed by atoms with E-state index in [0.717, 1.165) is 5.56 Å². The van der Waals surface area contributed by atoms with E-state index < -0.39 is 10.0 Å². The fourth-order valence-electron chi connectivity index (χ4n) is 2.57. The smallest absolute Gasteiger partial charge is 0.240 e. The van der Waals surface area contributed by atoms with Crippen LogP contribution in [0.3, 0.4) is 0 Å². The predicted molar refractivity (Wildman–Crippen MR) is 106 cm³/mol. The van der Waals surface area contributed by atoms with Crippen LogP contribution in [0.1, 0.15) is 11.6 Å². The number of rotatable bonds is 7. The number of hydrogen-bond acceptors (Lipinski definition) is 3. The first kappa shape index (κ1) is 19.4. The van der Waals surface area contributed by atoms with Crippen LogP contribution in [0.2, 0.25) is 5.02 Å². The van der Waals surface area contributed by atoms with Gasteiger partial charge in [0.25, 0.3) is 0 Å². The van der Waals surface area contributed by atoms with Gasteiger partial charge in [-0.05, 0) is 54.1 Å². The summed E-state index contributed by atoms with van der Waals surface area (Å²) >= 11 is 5.82. The molecule has 0 aliphatic carbocycles. The molecule has 4 nitrogen and oxygen atoms in total. The molecular weight excluding hydrogens is 387 g/mol. The molecule has 3 aromatic rings. The van der Waals surface area contributed by atoms with Gasteiger partial charge in [0.15, 0.2) is 0 Å². The molecule has 0 spiro atoms. The molecule has 0 saturated heterocycles. The number of halogens is 2. The maximum Gasteiger partial charge on any atom is 0.240 e. The molecule has 0 saturated carbocycles. The second-order valence-electron chi connectivity index (χ2n) is 5.92. The van der Waals surface area contributed by atoms with Crippen LogP contribution in [0.15, 0.2) is 83.8 Å². The average molecular weight is 405 g/mol. The molecule has 0 amide bonds. The van der Waals surface area contributed by atoms with Crippen molar-refractivity contribution in [1.82, 2.24) is 4.72 Å². The first-order chi connectivity index (χ1) is 12.9. The molecule has 0 aliphatic rings. The predicted octanol–water partition coefficient (Wildman–Crippen LogP) is 4.61. The first-order valence-electron chi connectivity index (χ1n) is 8.26. The fourth-order valence-corrected chi connectivity index (χ4v) is 3.75. The van der Waals surface area contributed by atoms with Crippen molar-refractivity contribution in [3.8, 4) is 0 Å². The zero-order valence-electron chi connectivity index (χ0n) is 14.3. The van der Waals surface area contributed by atoms with Gasteiger partial charge in [0.1, 0.15) is 5.82 Å². The third kappa shape index (κ3) is 5.29. The summed E-state index contributed by atoms with van der Waals surface area (Å²) in [6.07, 6.45) is 0. The average Bonchev–Trinajstić information content (AvgIpc) is 2.68. The van der Waals surface area contributed by atoms with Gasteiger partial charge < -0.3 is 5.32 Å². The van der Waals surface area contributed by atoms with Crippen LogP contribution in [0.4, 0.5) is 10.1 Å². The SMILES string of the molecule is O=S(=O)(NC[C@H](Nc1ccc(F)cc1)c1ccccc1)c1ccc(Cl)cc1. The lowest BCUT2D eigenvalue weighted by Crippen LogP contribution is -2.31. The minimum atomic E-state index is -3.69. The maximum absolute atomic E-state index is 13.1. The van der Waals surface area contributed by atoms with E-state index in [-0.39, 0.29) is 23.3 Å². The molecule has 3 aromatic carbocycles. The molecule has 0 fully saturated rings. The highest BCUT2D eigenvalue weighted by Crippen LogP contribution is 2.21. The molecule has 0 aromatic heterocycles. The van der Waals surface area contributed by atoms with Crippen molar-refractivity contribution in [2.45, 2.75) is 10.9 Å². The summed E-state index contributed by atoms with van der Waals surface area (Å²) in [6, 6.07) is 21.0. The third-order valence-electron chi connectivity index (χ3n) is 3.99. The van der Waals surface area contributed by atoms with Crippen LogP contribution in [-0.4, -0.2) is 15.0 Å². The van der Waals surface area contributed by atoms with Crippen molar-refractivity contribution < 1.29 is 12.8 Å². The normalized spacial score (nSPS) is 12.5. The molecule has 0 heterocycles. The second kappa shape index (κ2) is 8.52. The van der Waals surface area contributed by atoms with Gasteiger partial charge in [0.05, 0.1) is 10.9 Å². The summed E-state index contributed by atoms with van der Waals surface area (Å²) in [5, 5.41) is 3.71. The van der Waals surface area contributed by atoms with Gasteiger partial charge in [0, 0.05) is 17.3 Å². The monoisotopic (exact) mass is 404 g/mol. The zero-order chi connectivity index (χ0) is 19.3. The third-order valence-corrected chi connectivity index (χ3v) is 5.68. The number of hydrogen-bond donors (Lipinski definition) is 2. The molecule has 0 unspecified atom stereocenters. The highest BCUT2D eigenvalue weighted by Gasteiger charge is 2.18. The Morgan fingerprint density at radius 2 is 1.52 bits per heavy atom. The van der Waals surface area contributed by atoms with Crippen LogP contribution in [-0.2, 0) is 10.0 Å². The fraction of sp³-hybridized carbons (Fsp3) is 0.100. The zero-order valence-corrected chi connectivity index (χ0v) is 15.8. The van der Waals surface area contributed by atoms with Crippen molar-refractivity contribution in [1.29, 1.82) is 0 Å². The maximum atomic E-state index is 13.1. The van der Waals surface area contributed by atoms with Gasteiger partial charge >= 0.3 is 0 Å². The molecule has 0 radical (unpaired) electrons. The van der Waals surface area contributed by atoms with Gasteiger partial charge in [0.2, 0.25) is 10.0 Å². The summed E-state index contributed by atoms with van der Waals surface area (Å²) in [5.74, 6) is -0.333. The Bertz CT molecular complexity index is 979. The quantitative estimate of drug-likeness (QED) is 0.604. The van der Waals surface area contributed by atoms with Gasteiger partial charge in [-0.2, -0.15) is 0 Å². The molecule has 2 N–H and O–H groups in total. The minimum absolute atomic E-state index is 0.117. The second-order valence-corrected chi connectivity index (χ2v) is 8.12. The lowest BCUT2D eigenvalue weighted by molar-refractivity contribution is 0.576. The number of sulfonamides is 1. The summed E-state index contributed by atoms with van der Waals surface area (Å²) in [5.41, 5.74) is 1.59. The van der Waals surface area contributed by atoms with Gasteiger partial charge in [-0.3, -0.25) is 0 Å². The van der Waals surface area contributed by atoms with E-state index in [9.17, 15) is 12.8 Å². The number of anilines is 1. The Morgan fingerprint density at radius 3 is 2.15 bits per heavy atom. The summed E-state index contributed by atoms with van der Waals surface area (Å²) < 4.78 is 40.8. The molecule has 0 bridgehead atoms. The minimum Gasteiger partial charge on any atom is -0.377 e. The molecule has 1 atom stereocenters. The van der Waals surface area contributed by atoms with Gasteiger partial charge in [-0.25, -0.2) is 17.5 Å². The van der Waals surface area contributed by atoms with E-state index in [0.29, 0.717) is 10.7 Å². The molecule has 27 heavy (non-hydrogen) atoms. The van der Waals surface area contributed by atoms with E-state index in [1.165, 1.54) is 36.4 Å². The van der Waals surface area contributed by atoms with Gasteiger partial charge in [-0.1, -0.05) is 41.9 Å². The van der Waals surface area contributed by atoms with Crippen LogP contribution in [0.5, 0.6) is 0 Å². The van der Waals surface area contributed by atoms with Crippen molar-refractivity contribution in [2.75, 3.05) is 11.9 Å². The largest absolute Gasteiger partial charge is 0.377 e. The summed E-state index contributed by atoms with van der Waals surface area (Å²) in [6.45, 7) is 0.117. The Balaban J connectivity index is 1.79. The van der Waals surface area contributed by atoms with E-state index >= 15 is 0 Å². The Kier molecular flexibility index (Phi) is 6.11. The van der Waals surface area contributed by atoms with Crippen LogP contribution in [0, 0.1) is 5.82 Å². The molecule has 7 heteroatoms. The van der Waals surface area contributed by atoms with E-state index in [4.69, 9.17) is 11.6 Å². The van der Waals surface area contributed by atoms with E-state index in [1.54, 1.807) is 12.1 Å². The number of nitrogens with one attached hydrogen (secondary N) is 2. The Morgan fingerprint density at radius 1 is 0.889 bits per heavy atom. The highest BCUT2D eigenvalue weighted by molar-refractivity contribution is 7.89. The Labute approximate surface area is 163 Å². The molecule has 140 valence electrons. The lowest BCUT2D eigenvalue weighted by Gasteiger charge is -2.21. The highest BCUT2D eigenvalue weighted by atomic mass is 35.5. The topological polar surface area (TPSA) is 58.2 Å². The summed E-state index contributed by atoms with van der Waals surface area (Å²) in [7, 11) is -3.69. The van der Waals surface area contributed by atoms with Gasteiger partial charge in [-0.15, -0.1) is 0 Å². The molecule has 3 rings (SSSR count). The molecule has 0 aliphatic heterocycles. The van der Waals surface area contributed by atoms with Crippen LogP contribution in [0.25, 0.3) is 0 Å². The summed E-state index contributed by atoms with van der Waals surface area (Å²) in [4.78, 5) is 0.139. The number of benzene rings is 3. The lowest BCUT2D eigenvalue weighted by atomic mass is 10.1. The van der Waals surface area contributed by atoms with Crippen molar-refractivity contribution in [3.05, 3.63) is 95.3 Å². The van der Waals surface area contributed by atoms with Crippen molar-refractivity contribution in [2.24, 2.45) is 0 Å². The van der Waals surface area contributed by atoms with E-state index in [1.807, 2.05) is 30.3 Å². The van der Waals surface area contributed by atoms with Crippen molar-refractivity contribution >= 4 is 27.3 Å². The molecular formula is C20H18ClFN2O2S. The first-order valence-corrected chi connectivity index (χ1v) is 10.1.